The molecule has 0 aliphatic heterocycles. The molecular formula is C16H14ClFN2O2S. The highest BCUT2D eigenvalue weighted by molar-refractivity contribution is 7.80. The predicted molar refractivity (Wildman–Crippen MR) is 92.7 cm³/mol. The summed E-state index contributed by atoms with van der Waals surface area (Å²) in [5.41, 5.74) is 0.843. The average molecular weight is 353 g/mol. The molecule has 1 amide bonds. The lowest BCUT2D eigenvalue weighted by atomic mass is 10.2. The molecule has 0 radical (unpaired) electrons. The first-order chi connectivity index (χ1) is 11.0. The normalized spacial score (nSPS) is 10.0. The molecule has 0 saturated heterocycles. The van der Waals surface area contributed by atoms with E-state index in [9.17, 15) is 9.18 Å². The van der Waals surface area contributed by atoms with E-state index in [-0.39, 0.29) is 10.1 Å². The van der Waals surface area contributed by atoms with Gasteiger partial charge >= 0.3 is 0 Å². The van der Waals surface area contributed by atoms with Crippen LogP contribution in [0.15, 0.2) is 42.5 Å². The second-order valence-electron chi connectivity index (χ2n) is 4.47. The SMILES string of the molecule is CCOc1ccccc1C(=O)NC(=S)Nc1ccc(F)c(Cl)c1. The van der Waals surface area contributed by atoms with Gasteiger partial charge in [-0.15, -0.1) is 0 Å². The van der Waals surface area contributed by atoms with Crippen LogP contribution in [0.2, 0.25) is 5.02 Å². The molecule has 0 unspecified atom stereocenters. The lowest BCUT2D eigenvalue weighted by Gasteiger charge is -2.12. The van der Waals surface area contributed by atoms with Gasteiger partial charge in [0.25, 0.3) is 5.91 Å². The van der Waals surface area contributed by atoms with Gasteiger partial charge in [0.2, 0.25) is 0 Å². The Morgan fingerprint density at radius 1 is 1.30 bits per heavy atom. The summed E-state index contributed by atoms with van der Waals surface area (Å²) in [7, 11) is 0. The van der Waals surface area contributed by atoms with Crippen LogP contribution in [0.3, 0.4) is 0 Å². The molecule has 2 aromatic rings. The van der Waals surface area contributed by atoms with Crippen LogP contribution in [-0.4, -0.2) is 17.6 Å². The minimum Gasteiger partial charge on any atom is -0.493 e. The minimum atomic E-state index is -0.530. The topological polar surface area (TPSA) is 50.4 Å². The minimum absolute atomic E-state index is 0.0363. The van der Waals surface area contributed by atoms with E-state index in [1.165, 1.54) is 18.2 Å². The van der Waals surface area contributed by atoms with Crippen molar-refractivity contribution in [3.8, 4) is 5.75 Å². The van der Waals surface area contributed by atoms with Gasteiger partial charge in [-0.1, -0.05) is 23.7 Å². The molecule has 0 bridgehead atoms. The quantitative estimate of drug-likeness (QED) is 0.816. The zero-order valence-electron chi connectivity index (χ0n) is 12.2. The molecule has 0 fully saturated rings. The van der Waals surface area contributed by atoms with E-state index in [0.29, 0.717) is 23.6 Å². The summed E-state index contributed by atoms with van der Waals surface area (Å²) in [5, 5.41) is 5.35. The van der Waals surface area contributed by atoms with Crippen LogP contribution in [0.5, 0.6) is 5.75 Å². The van der Waals surface area contributed by atoms with Crippen molar-refractivity contribution in [2.75, 3.05) is 11.9 Å². The second kappa shape index (κ2) is 7.89. The maximum Gasteiger partial charge on any atom is 0.261 e. The highest BCUT2D eigenvalue weighted by atomic mass is 35.5. The van der Waals surface area contributed by atoms with Crippen LogP contribution in [0.1, 0.15) is 17.3 Å². The zero-order chi connectivity index (χ0) is 16.8. The van der Waals surface area contributed by atoms with Crippen molar-refractivity contribution in [2.45, 2.75) is 6.92 Å². The van der Waals surface area contributed by atoms with E-state index in [1.807, 2.05) is 6.92 Å². The van der Waals surface area contributed by atoms with Gasteiger partial charge in [0.1, 0.15) is 11.6 Å². The van der Waals surface area contributed by atoms with Crippen LogP contribution < -0.4 is 15.4 Å². The largest absolute Gasteiger partial charge is 0.493 e. The van der Waals surface area contributed by atoms with Crippen LogP contribution in [0, 0.1) is 5.82 Å². The first-order valence-electron chi connectivity index (χ1n) is 6.80. The lowest BCUT2D eigenvalue weighted by Crippen LogP contribution is -2.34. The fraction of sp³-hybridized carbons (Fsp3) is 0.125. The third kappa shape index (κ3) is 4.64. The summed E-state index contributed by atoms with van der Waals surface area (Å²) in [6.07, 6.45) is 0. The molecule has 0 spiro atoms. The van der Waals surface area contributed by atoms with Gasteiger partial charge in [0, 0.05) is 5.69 Å². The Bertz CT molecular complexity index is 740. The summed E-state index contributed by atoms with van der Waals surface area (Å²) in [4.78, 5) is 12.3. The highest BCUT2D eigenvalue weighted by Gasteiger charge is 2.13. The number of nitrogens with one attached hydrogen (secondary N) is 2. The summed E-state index contributed by atoms with van der Waals surface area (Å²) in [6, 6.07) is 10.9. The molecule has 7 heteroatoms. The Morgan fingerprint density at radius 3 is 2.74 bits per heavy atom. The number of para-hydroxylation sites is 1. The summed E-state index contributed by atoms with van der Waals surface area (Å²) in [5.74, 6) is -0.460. The number of halogens is 2. The number of rotatable bonds is 4. The summed E-state index contributed by atoms with van der Waals surface area (Å²) >= 11 is 10.8. The Hall–Kier alpha value is -2.18. The van der Waals surface area contributed by atoms with Gasteiger partial charge in [0.15, 0.2) is 5.11 Å². The Labute approximate surface area is 143 Å². The Morgan fingerprint density at radius 2 is 2.04 bits per heavy atom. The molecule has 0 atom stereocenters. The molecule has 0 saturated carbocycles. The van der Waals surface area contributed by atoms with Crippen molar-refractivity contribution in [2.24, 2.45) is 0 Å². The van der Waals surface area contributed by atoms with Gasteiger partial charge in [0.05, 0.1) is 17.2 Å². The van der Waals surface area contributed by atoms with E-state index in [1.54, 1.807) is 24.3 Å². The molecule has 0 heterocycles. The summed E-state index contributed by atoms with van der Waals surface area (Å²) in [6.45, 7) is 2.28. The van der Waals surface area contributed by atoms with Crippen LogP contribution in [0.4, 0.5) is 10.1 Å². The standard InChI is InChI=1S/C16H14ClFN2O2S/c1-2-22-14-6-4-3-5-11(14)15(21)20-16(23)19-10-7-8-13(18)12(17)9-10/h3-9H,2H2,1H3,(H2,19,20,21,23). The van der Waals surface area contributed by atoms with Gasteiger partial charge in [-0.3, -0.25) is 10.1 Å². The maximum absolute atomic E-state index is 13.1. The fourth-order valence-corrected chi connectivity index (χ4v) is 2.23. The molecule has 23 heavy (non-hydrogen) atoms. The lowest BCUT2D eigenvalue weighted by molar-refractivity contribution is 0.0974. The van der Waals surface area contributed by atoms with Crippen LogP contribution >= 0.6 is 23.8 Å². The number of hydrogen-bond acceptors (Lipinski definition) is 3. The van der Waals surface area contributed by atoms with Crippen molar-refractivity contribution in [3.05, 3.63) is 58.9 Å². The third-order valence-electron chi connectivity index (χ3n) is 2.84. The van der Waals surface area contributed by atoms with Gasteiger partial charge in [-0.05, 0) is 49.5 Å². The van der Waals surface area contributed by atoms with Crippen molar-refractivity contribution in [1.29, 1.82) is 0 Å². The number of thiocarbonyl (C=S) groups is 1. The number of carbonyl (C=O) groups is 1. The predicted octanol–water partition coefficient (Wildman–Crippen LogP) is 4.00. The average Bonchev–Trinajstić information content (AvgIpc) is 2.51. The van der Waals surface area contributed by atoms with Crippen molar-refractivity contribution in [3.63, 3.8) is 0 Å². The van der Waals surface area contributed by atoms with Crippen LogP contribution in [0.25, 0.3) is 0 Å². The van der Waals surface area contributed by atoms with Gasteiger partial charge in [-0.25, -0.2) is 4.39 Å². The Balaban J connectivity index is 2.05. The highest BCUT2D eigenvalue weighted by Crippen LogP contribution is 2.20. The first-order valence-corrected chi connectivity index (χ1v) is 7.59. The molecule has 2 rings (SSSR count). The number of benzene rings is 2. The van der Waals surface area contributed by atoms with E-state index in [0.717, 1.165) is 0 Å². The number of carbonyl (C=O) groups excluding carboxylic acids is 1. The van der Waals surface area contributed by atoms with Crippen molar-refractivity contribution >= 4 is 40.5 Å². The molecule has 4 nitrogen and oxygen atoms in total. The fourth-order valence-electron chi connectivity index (χ4n) is 1.84. The van der Waals surface area contributed by atoms with E-state index >= 15 is 0 Å². The molecule has 0 aliphatic rings. The van der Waals surface area contributed by atoms with Gasteiger partial charge in [-0.2, -0.15) is 0 Å². The number of hydrogen-bond donors (Lipinski definition) is 2. The van der Waals surface area contributed by atoms with E-state index in [4.69, 9.17) is 28.6 Å². The van der Waals surface area contributed by atoms with E-state index < -0.39 is 11.7 Å². The molecule has 0 aliphatic carbocycles. The second-order valence-corrected chi connectivity index (χ2v) is 5.28. The molecular weight excluding hydrogens is 339 g/mol. The smallest absolute Gasteiger partial charge is 0.261 e. The number of amides is 1. The molecule has 0 aromatic heterocycles. The monoisotopic (exact) mass is 352 g/mol. The molecule has 2 aromatic carbocycles. The first kappa shape index (κ1) is 17.2. The van der Waals surface area contributed by atoms with Crippen molar-refractivity contribution < 1.29 is 13.9 Å². The number of ether oxygens (including phenoxy) is 1. The summed E-state index contributed by atoms with van der Waals surface area (Å²) < 4.78 is 18.5. The van der Waals surface area contributed by atoms with E-state index in [2.05, 4.69) is 10.6 Å². The van der Waals surface area contributed by atoms with Crippen molar-refractivity contribution in [1.82, 2.24) is 5.32 Å². The molecule has 2 N–H and O–H groups in total. The Kier molecular flexibility index (Phi) is 5.90. The maximum atomic E-state index is 13.1. The third-order valence-corrected chi connectivity index (χ3v) is 3.33. The number of anilines is 1. The molecule has 120 valence electrons. The zero-order valence-corrected chi connectivity index (χ0v) is 13.8. The van der Waals surface area contributed by atoms with Crippen LogP contribution in [-0.2, 0) is 0 Å². The van der Waals surface area contributed by atoms with Gasteiger partial charge < -0.3 is 10.1 Å².